The molecule has 0 radical (unpaired) electrons. The van der Waals surface area contributed by atoms with E-state index in [1.807, 2.05) is 45.0 Å². The molecule has 3 aromatic carbocycles. The van der Waals surface area contributed by atoms with Crippen LogP contribution in [0, 0.1) is 12.7 Å². The van der Waals surface area contributed by atoms with Crippen molar-refractivity contribution in [2.45, 2.75) is 57.6 Å². The first-order chi connectivity index (χ1) is 18.0. The molecule has 0 fully saturated rings. The molecule has 0 heterocycles. The number of halogens is 1. The van der Waals surface area contributed by atoms with Crippen LogP contribution in [0.1, 0.15) is 38.3 Å². The zero-order valence-electron chi connectivity index (χ0n) is 22.1. The van der Waals surface area contributed by atoms with Crippen LogP contribution in [0.15, 0.2) is 83.8 Å². The van der Waals surface area contributed by atoms with Crippen molar-refractivity contribution in [2.75, 3.05) is 10.8 Å². The van der Waals surface area contributed by atoms with Crippen molar-refractivity contribution in [2.24, 2.45) is 0 Å². The van der Waals surface area contributed by atoms with E-state index in [4.69, 9.17) is 0 Å². The molecule has 38 heavy (non-hydrogen) atoms. The highest BCUT2D eigenvalue weighted by molar-refractivity contribution is 7.92. The van der Waals surface area contributed by atoms with Gasteiger partial charge in [0.15, 0.2) is 0 Å². The van der Waals surface area contributed by atoms with Crippen molar-refractivity contribution < 1.29 is 22.4 Å². The molecule has 3 rings (SSSR count). The lowest BCUT2D eigenvalue weighted by Crippen LogP contribution is -2.52. The molecule has 1 N–H and O–H groups in total. The summed E-state index contributed by atoms with van der Waals surface area (Å²) in [4.78, 5) is 28.2. The van der Waals surface area contributed by atoms with Crippen molar-refractivity contribution in [1.82, 2.24) is 10.2 Å². The van der Waals surface area contributed by atoms with Crippen LogP contribution >= 0.6 is 0 Å². The van der Waals surface area contributed by atoms with Gasteiger partial charge in [-0.1, -0.05) is 55.0 Å². The normalized spacial score (nSPS) is 12.9. The Bertz CT molecular complexity index is 1330. The highest BCUT2D eigenvalue weighted by atomic mass is 32.2. The number of carbonyl (C=O) groups is 2. The molecule has 202 valence electrons. The Hall–Kier alpha value is -3.72. The van der Waals surface area contributed by atoms with Crippen molar-refractivity contribution in [3.8, 4) is 0 Å². The predicted molar refractivity (Wildman–Crippen MR) is 146 cm³/mol. The van der Waals surface area contributed by atoms with Crippen LogP contribution < -0.4 is 9.62 Å². The number of anilines is 1. The third kappa shape index (κ3) is 7.19. The summed E-state index contributed by atoms with van der Waals surface area (Å²) in [5.74, 6) is -1.44. The van der Waals surface area contributed by atoms with Crippen LogP contribution in [0.5, 0.6) is 0 Å². The van der Waals surface area contributed by atoms with Crippen molar-refractivity contribution >= 4 is 27.5 Å². The van der Waals surface area contributed by atoms with Gasteiger partial charge in [-0.3, -0.25) is 13.9 Å². The van der Waals surface area contributed by atoms with Crippen LogP contribution in [0.25, 0.3) is 0 Å². The summed E-state index contributed by atoms with van der Waals surface area (Å²) in [7, 11) is -4.18. The van der Waals surface area contributed by atoms with E-state index in [0.717, 1.165) is 34.0 Å². The summed E-state index contributed by atoms with van der Waals surface area (Å²) in [6.07, 6.45) is 0.720. The largest absolute Gasteiger partial charge is 0.352 e. The molecular formula is C29H34FN3O4S. The van der Waals surface area contributed by atoms with Crippen LogP contribution in [0.2, 0.25) is 0 Å². The second-order valence-electron chi connectivity index (χ2n) is 9.30. The molecule has 0 saturated heterocycles. The first kappa shape index (κ1) is 28.8. The minimum atomic E-state index is -4.18. The maximum absolute atomic E-state index is 13.8. The van der Waals surface area contributed by atoms with Gasteiger partial charge in [0.25, 0.3) is 10.0 Å². The lowest BCUT2D eigenvalue weighted by molar-refractivity contribution is -0.139. The van der Waals surface area contributed by atoms with E-state index in [1.165, 1.54) is 29.2 Å². The van der Waals surface area contributed by atoms with Gasteiger partial charge in [0, 0.05) is 12.6 Å². The van der Waals surface area contributed by atoms with Gasteiger partial charge >= 0.3 is 0 Å². The number of nitrogens with one attached hydrogen (secondary N) is 1. The Morgan fingerprint density at radius 1 is 0.921 bits per heavy atom. The Morgan fingerprint density at radius 2 is 1.53 bits per heavy atom. The summed E-state index contributed by atoms with van der Waals surface area (Å²) < 4.78 is 41.9. The fraction of sp³-hybridized carbons (Fsp3) is 0.310. The second kappa shape index (κ2) is 12.7. The van der Waals surface area contributed by atoms with E-state index in [0.29, 0.717) is 0 Å². The molecule has 0 bridgehead atoms. The molecule has 2 amide bonds. The number of hydrogen-bond donors (Lipinski definition) is 1. The average Bonchev–Trinajstić information content (AvgIpc) is 2.91. The molecule has 3 aromatic rings. The van der Waals surface area contributed by atoms with Gasteiger partial charge in [0.2, 0.25) is 11.8 Å². The zero-order chi connectivity index (χ0) is 27.9. The Balaban J connectivity index is 2.00. The molecule has 0 spiro atoms. The monoisotopic (exact) mass is 539 g/mol. The first-order valence-corrected chi connectivity index (χ1v) is 14.0. The fourth-order valence-electron chi connectivity index (χ4n) is 3.79. The number of sulfonamides is 1. The molecule has 0 saturated carbocycles. The maximum atomic E-state index is 13.8. The third-order valence-corrected chi connectivity index (χ3v) is 8.15. The smallest absolute Gasteiger partial charge is 0.264 e. The van der Waals surface area contributed by atoms with Crippen LogP contribution in [-0.2, 0) is 26.2 Å². The van der Waals surface area contributed by atoms with Crippen molar-refractivity contribution in [1.29, 1.82) is 0 Å². The number of benzene rings is 3. The molecule has 2 atom stereocenters. The minimum Gasteiger partial charge on any atom is -0.352 e. The molecule has 0 unspecified atom stereocenters. The van der Waals surface area contributed by atoms with E-state index in [9.17, 15) is 22.4 Å². The standard InChI is InChI=1S/C29H34FN3O4S/c1-5-22(3)31-29(35)23(4)32(19-24-13-11-21(2)12-14-24)28(34)20-33(26-17-15-25(30)16-18-26)38(36,37)27-9-7-6-8-10-27/h6-18,22-23H,5,19-20H2,1-4H3,(H,31,35)/t22-,23-/m1/s1. The molecule has 0 aliphatic heterocycles. The number of amides is 2. The number of hydrogen-bond acceptors (Lipinski definition) is 4. The number of aryl methyl sites for hydroxylation is 1. The predicted octanol–water partition coefficient (Wildman–Crippen LogP) is 4.66. The quantitative estimate of drug-likeness (QED) is 0.384. The molecular weight excluding hydrogens is 505 g/mol. The van der Waals surface area contributed by atoms with E-state index < -0.39 is 34.3 Å². The fourth-order valence-corrected chi connectivity index (χ4v) is 5.23. The van der Waals surface area contributed by atoms with E-state index in [-0.39, 0.29) is 29.1 Å². The number of carbonyl (C=O) groups excluding carboxylic acids is 2. The first-order valence-electron chi connectivity index (χ1n) is 12.5. The summed E-state index contributed by atoms with van der Waals surface area (Å²) >= 11 is 0. The summed E-state index contributed by atoms with van der Waals surface area (Å²) in [5, 5.41) is 2.90. The minimum absolute atomic E-state index is 0.00947. The van der Waals surface area contributed by atoms with Gasteiger partial charge in [-0.25, -0.2) is 12.8 Å². The van der Waals surface area contributed by atoms with Crippen LogP contribution in [0.4, 0.5) is 10.1 Å². The van der Waals surface area contributed by atoms with Crippen LogP contribution in [-0.4, -0.2) is 43.8 Å². The SMILES string of the molecule is CC[C@@H](C)NC(=O)[C@@H](C)N(Cc1ccc(C)cc1)C(=O)CN(c1ccc(F)cc1)S(=O)(=O)c1ccccc1. The van der Waals surface area contributed by atoms with Gasteiger partial charge in [-0.2, -0.15) is 0 Å². The molecule has 9 heteroatoms. The van der Waals surface area contributed by atoms with Crippen molar-refractivity contribution in [3.05, 3.63) is 95.8 Å². The molecule has 0 aromatic heterocycles. The Labute approximate surface area is 224 Å². The molecule has 7 nitrogen and oxygen atoms in total. The van der Waals surface area contributed by atoms with Gasteiger partial charge in [0.05, 0.1) is 10.6 Å². The lowest BCUT2D eigenvalue weighted by Gasteiger charge is -2.32. The van der Waals surface area contributed by atoms with Gasteiger partial charge in [-0.15, -0.1) is 0 Å². The van der Waals surface area contributed by atoms with Gasteiger partial charge < -0.3 is 10.2 Å². The van der Waals surface area contributed by atoms with E-state index in [1.54, 1.807) is 25.1 Å². The second-order valence-corrected chi connectivity index (χ2v) is 11.2. The Morgan fingerprint density at radius 3 is 2.11 bits per heavy atom. The summed E-state index contributed by atoms with van der Waals surface area (Å²) in [6, 6.07) is 19.2. The molecule has 0 aliphatic rings. The average molecular weight is 540 g/mol. The molecule has 0 aliphatic carbocycles. The highest BCUT2D eigenvalue weighted by Crippen LogP contribution is 2.25. The summed E-state index contributed by atoms with van der Waals surface area (Å²) in [6.45, 7) is 6.92. The Kier molecular flexibility index (Phi) is 9.63. The van der Waals surface area contributed by atoms with E-state index in [2.05, 4.69) is 5.32 Å². The lowest BCUT2D eigenvalue weighted by atomic mass is 10.1. The van der Waals surface area contributed by atoms with Gasteiger partial charge in [0.1, 0.15) is 18.4 Å². The van der Waals surface area contributed by atoms with Crippen LogP contribution in [0.3, 0.4) is 0 Å². The van der Waals surface area contributed by atoms with Crippen molar-refractivity contribution in [3.63, 3.8) is 0 Å². The zero-order valence-corrected chi connectivity index (χ0v) is 22.9. The van der Waals surface area contributed by atoms with E-state index >= 15 is 0 Å². The maximum Gasteiger partial charge on any atom is 0.264 e. The topological polar surface area (TPSA) is 86.8 Å². The number of rotatable bonds is 11. The van der Waals surface area contributed by atoms with Gasteiger partial charge in [-0.05, 0) is 69.2 Å². The number of nitrogens with zero attached hydrogens (tertiary/aromatic N) is 2. The highest BCUT2D eigenvalue weighted by Gasteiger charge is 2.32. The summed E-state index contributed by atoms with van der Waals surface area (Å²) in [5.41, 5.74) is 1.98. The third-order valence-electron chi connectivity index (χ3n) is 6.37.